The smallest absolute Gasteiger partial charge is 0.278 e. The molecule has 0 spiro atoms. The summed E-state index contributed by atoms with van der Waals surface area (Å²) in [5, 5.41) is 9.91. The molecular weight excluding hydrogens is 346 g/mol. The van der Waals surface area contributed by atoms with Crippen LogP contribution in [0, 0.1) is 12.8 Å². The minimum absolute atomic E-state index is 0.0376. The summed E-state index contributed by atoms with van der Waals surface area (Å²) in [7, 11) is 0. The van der Waals surface area contributed by atoms with Crippen molar-refractivity contribution in [1.82, 2.24) is 19.5 Å². The fraction of sp³-hybridized carbons (Fsp3) is 0.316. The number of rotatable bonds is 5. The molecular formula is C19H21N5O3. The number of aliphatic hydroxyl groups excluding tert-OH is 1. The van der Waals surface area contributed by atoms with Crippen molar-refractivity contribution in [1.29, 1.82) is 0 Å². The molecule has 0 saturated heterocycles. The molecule has 2 aromatic heterocycles. The molecule has 2 heterocycles. The van der Waals surface area contributed by atoms with Gasteiger partial charge in [-0.3, -0.25) is 9.36 Å². The van der Waals surface area contributed by atoms with Gasteiger partial charge in [-0.15, -0.1) is 0 Å². The molecule has 0 radical (unpaired) electrons. The van der Waals surface area contributed by atoms with Crippen LogP contribution in [-0.2, 0) is 0 Å². The van der Waals surface area contributed by atoms with Crippen LogP contribution in [0.4, 0.5) is 0 Å². The van der Waals surface area contributed by atoms with E-state index in [0.29, 0.717) is 12.1 Å². The predicted octanol–water partition coefficient (Wildman–Crippen LogP) is 1.06. The predicted molar refractivity (Wildman–Crippen MR) is 101 cm³/mol. The van der Waals surface area contributed by atoms with E-state index < -0.39 is 0 Å². The van der Waals surface area contributed by atoms with Crippen molar-refractivity contribution in [2.24, 2.45) is 11.7 Å². The van der Waals surface area contributed by atoms with Crippen molar-refractivity contribution in [2.45, 2.75) is 19.4 Å². The van der Waals surface area contributed by atoms with E-state index in [1.165, 1.54) is 6.33 Å². The van der Waals surface area contributed by atoms with E-state index >= 15 is 0 Å². The van der Waals surface area contributed by atoms with E-state index in [2.05, 4.69) is 15.0 Å². The Morgan fingerprint density at radius 2 is 2.26 bits per heavy atom. The number of hydrogen-bond acceptors (Lipinski definition) is 6. The van der Waals surface area contributed by atoms with Crippen LogP contribution in [0.1, 0.15) is 12.0 Å². The molecule has 140 valence electrons. The van der Waals surface area contributed by atoms with E-state index in [1.807, 2.05) is 31.2 Å². The minimum Gasteiger partial charge on any atom is -0.486 e. The number of nitrogens with one attached hydrogen (secondary N) is 1. The van der Waals surface area contributed by atoms with Crippen molar-refractivity contribution in [2.75, 3.05) is 13.2 Å². The van der Waals surface area contributed by atoms with Crippen molar-refractivity contribution in [3.63, 3.8) is 0 Å². The van der Waals surface area contributed by atoms with Gasteiger partial charge in [0.05, 0.1) is 12.9 Å². The Bertz CT molecular complexity index is 1070. The number of fused-ring (bicyclic) bond motifs is 1. The number of aromatic nitrogens is 4. The Morgan fingerprint density at radius 3 is 3.00 bits per heavy atom. The number of hydrogen-bond donors (Lipinski definition) is 3. The highest BCUT2D eigenvalue weighted by molar-refractivity contribution is 5.75. The van der Waals surface area contributed by atoms with E-state index in [9.17, 15) is 9.90 Å². The molecule has 1 aromatic carbocycles. The van der Waals surface area contributed by atoms with Crippen LogP contribution in [0.3, 0.4) is 0 Å². The molecule has 8 heteroatoms. The SMILES string of the molecule is Cc1cccc(O[C@H]2C(CN)=C(n3cnc4c(=O)[nH]cnc43)C[C@@H]2CO)c1. The van der Waals surface area contributed by atoms with Crippen molar-refractivity contribution >= 4 is 16.9 Å². The highest BCUT2D eigenvalue weighted by Gasteiger charge is 2.37. The molecule has 0 fully saturated rings. The zero-order chi connectivity index (χ0) is 19.0. The van der Waals surface area contributed by atoms with Crippen LogP contribution in [0.15, 0.2) is 47.3 Å². The number of nitrogens with two attached hydrogens (primary N) is 1. The van der Waals surface area contributed by atoms with Gasteiger partial charge in [-0.05, 0) is 31.0 Å². The van der Waals surface area contributed by atoms with Crippen LogP contribution in [0.5, 0.6) is 5.75 Å². The van der Waals surface area contributed by atoms with Gasteiger partial charge in [0.2, 0.25) is 0 Å². The van der Waals surface area contributed by atoms with Crippen LogP contribution < -0.4 is 16.0 Å². The van der Waals surface area contributed by atoms with Gasteiger partial charge in [0.15, 0.2) is 11.2 Å². The third-order valence-corrected chi connectivity index (χ3v) is 4.94. The highest BCUT2D eigenvalue weighted by Crippen LogP contribution is 2.37. The molecule has 0 unspecified atom stereocenters. The Labute approximate surface area is 155 Å². The summed E-state index contributed by atoms with van der Waals surface area (Å²) in [5.74, 6) is 0.592. The number of aromatic amines is 1. The lowest BCUT2D eigenvalue weighted by Gasteiger charge is -2.22. The van der Waals surface area contributed by atoms with E-state index in [-0.39, 0.29) is 36.2 Å². The fourth-order valence-corrected chi connectivity index (χ4v) is 3.63. The van der Waals surface area contributed by atoms with Crippen LogP contribution in [0.25, 0.3) is 16.9 Å². The van der Waals surface area contributed by atoms with E-state index in [4.69, 9.17) is 10.5 Å². The van der Waals surface area contributed by atoms with Crippen LogP contribution in [-0.4, -0.2) is 43.9 Å². The van der Waals surface area contributed by atoms with Crippen molar-refractivity contribution in [3.05, 3.63) is 58.4 Å². The van der Waals surface area contributed by atoms with Crippen molar-refractivity contribution < 1.29 is 9.84 Å². The average Bonchev–Trinajstić information content (AvgIpc) is 3.23. The van der Waals surface area contributed by atoms with Gasteiger partial charge in [0, 0.05) is 23.7 Å². The molecule has 1 aliphatic rings. The zero-order valence-corrected chi connectivity index (χ0v) is 14.9. The first-order valence-electron chi connectivity index (χ1n) is 8.79. The minimum atomic E-state index is -0.351. The second-order valence-electron chi connectivity index (χ2n) is 6.70. The van der Waals surface area contributed by atoms with Crippen molar-refractivity contribution in [3.8, 4) is 5.75 Å². The van der Waals surface area contributed by atoms with Gasteiger partial charge >= 0.3 is 0 Å². The molecule has 3 aromatic rings. The van der Waals surface area contributed by atoms with Crippen LogP contribution in [0.2, 0.25) is 0 Å². The van der Waals surface area contributed by atoms with E-state index in [0.717, 1.165) is 22.6 Å². The maximum atomic E-state index is 11.9. The maximum Gasteiger partial charge on any atom is 0.278 e. The molecule has 1 aliphatic carbocycles. The lowest BCUT2D eigenvalue weighted by Crippen LogP contribution is -2.30. The Balaban J connectivity index is 1.78. The van der Waals surface area contributed by atoms with Gasteiger partial charge in [-0.1, -0.05) is 12.1 Å². The Hall–Kier alpha value is -2.97. The average molecular weight is 367 g/mol. The van der Waals surface area contributed by atoms with Gasteiger partial charge in [-0.2, -0.15) is 0 Å². The van der Waals surface area contributed by atoms with Crippen LogP contribution >= 0.6 is 0 Å². The summed E-state index contributed by atoms with van der Waals surface area (Å²) < 4.78 is 7.98. The maximum absolute atomic E-state index is 11.9. The molecule has 0 amide bonds. The monoisotopic (exact) mass is 367 g/mol. The van der Waals surface area contributed by atoms with Gasteiger partial charge in [0.1, 0.15) is 18.2 Å². The quantitative estimate of drug-likeness (QED) is 0.620. The molecule has 2 atom stereocenters. The molecule has 4 N–H and O–H groups in total. The Morgan fingerprint density at radius 1 is 1.41 bits per heavy atom. The highest BCUT2D eigenvalue weighted by atomic mass is 16.5. The standard InChI is InChI=1S/C19H21N5O3/c1-11-3-2-4-13(5-11)27-17-12(8-25)6-15(14(17)7-20)24-10-23-16-18(24)21-9-22-19(16)26/h2-5,9-10,12,17,25H,6-8,20H2,1H3,(H,21,22,26)/t12-,17-/m1/s1. The van der Waals surface area contributed by atoms with Gasteiger partial charge in [-0.25, -0.2) is 9.97 Å². The first kappa shape index (κ1) is 17.4. The molecule has 4 rings (SSSR count). The molecule has 0 aliphatic heterocycles. The molecule has 27 heavy (non-hydrogen) atoms. The summed E-state index contributed by atoms with van der Waals surface area (Å²) in [6.45, 7) is 2.23. The molecule has 0 saturated carbocycles. The Kier molecular flexibility index (Phi) is 4.51. The zero-order valence-electron chi connectivity index (χ0n) is 14.9. The van der Waals surface area contributed by atoms with Gasteiger partial charge < -0.3 is 20.6 Å². The summed E-state index contributed by atoms with van der Waals surface area (Å²) >= 11 is 0. The summed E-state index contributed by atoms with van der Waals surface area (Å²) in [6, 6.07) is 7.77. The number of nitrogens with zero attached hydrogens (tertiary/aromatic N) is 3. The molecule has 0 bridgehead atoms. The number of aryl methyl sites for hydroxylation is 1. The first-order chi connectivity index (χ1) is 13.1. The fourth-order valence-electron chi connectivity index (χ4n) is 3.63. The third kappa shape index (κ3) is 3.02. The third-order valence-electron chi connectivity index (χ3n) is 4.94. The second-order valence-corrected chi connectivity index (χ2v) is 6.70. The summed E-state index contributed by atoms with van der Waals surface area (Å²) in [6.07, 6.45) is 3.13. The largest absolute Gasteiger partial charge is 0.486 e. The summed E-state index contributed by atoms with van der Waals surface area (Å²) in [5.41, 5.74) is 9.33. The number of benzene rings is 1. The summed E-state index contributed by atoms with van der Waals surface area (Å²) in [4.78, 5) is 22.9. The lowest BCUT2D eigenvalue weighted by molar-refractivity contribution is 0.122. The lowest BCUT2D eigenvalue weighted by atomic mass is 10.0. The van der Waals surface area contributed by atoms with E-state index in [1.54, 1.807) is 10.9 Å². The second kappa shape index (κ2) is 6.98. The molecule has 8 nitrogen and oxygen atoms in total. The number of H-pyrrole nitrogens is 1. The first-order valence-corrected chi connectivity index (χ1v) is 8.79. The number of imidazole rings is 1. The topological polar surface area (TPSA) is 119 Å². The number of aliphatic hydroxyl groups is 1. The van der Waals surface area contributed by atoms with Gasteiger partial charge in [0.25, 0.3) is 5.56 Å². The number of allylic oxidation sites excluding steroid dienone is 1. The normalized spacial score (nSPS) is 19.8. The number of ether oxygens (including phenoxy) is 1.